The maximum atomic E-state index is 15.5. The molecule has 3 heterocycles. The number of halogens is 2. The topological polar surface area (TPSA) is 132 Å². The number of anilines is 4. The highest BCUT2D eigenvalue weighted by Crippen LogP contribution is 2.44. The van der Waals surface area contributed by atoms with Crippen molar-refractivity contribution in [2.24, 2.45) is 0 Å². The van der Waals surface area contributed by atoms with Crippen LogP contribution < -0.4 is 21.1 Å². The van der Waals surface area contributed by atoms with Crippen LogP contribution in [0.2, 0.25) is 5.02 Å². The Morgan fingerprint density at radius 3 is 2.71 bits per heavy atom. The fourth-order valence-corrected chi connectivity index (χ4v) is 6.65. The minimum absolute atomic E-state index is 0.0201. The minimum atomic E-state index is -3.10. The van der Waals surface area contributed by atoms with Gasteiger partial charge in [-0.1, -0.05) is 23.7 Å². The van der Waals surface area contributed by atoms with Crippen molar-refractivity contribution < 1.29 is 17.5 Å². The van der Waals surface area contributed by atoms with Crippen molar-refractivity contribution in [2.75, 3.05) is 29.5 Å². The lowest BCUT2D eigenvalue weighted by Gasteiger charge is -2.22. The van der Waals surface area contributed by atoms with Gasteiger partial charge in [-0.3, -0.25) is 0 Å². The van der Waals surface area contributed by atoms with Crippen LogP contribution in [0.1, 0.15) is 24.0 Å². The van der Waals surface area contributed by atoms with Crippen LogP contribution in [0.15, 0.2) is 36.7 Å². The van der Waals surface area contributed by atoms with E-state index in [2.05, 4.69) is 25.6 Å². The zero-order chi connectivity index (χ0) is 26.6. The third-order valence-electron chi connectivity index (χ3n) is 6.79. The first-order valence-electron chi connectivity index (χ1n) is 12.1. The highest BCUT2D eigenvalue weighted by atomic mass is 35.5. The zero-order valence-corrected chi connectivity index (χ0v) is 22.0. The number of rotatable bonds is 6. The summed E-state index contributed by atoms with van der Waals surface area (Å²) in [4.78, 5) is 13.1. The Labute approximate surface area is 223 Å². The molecule has 1 saturated carbocycles. The van der Waals surface area contributed by atoms with Crippen molar-refractivity contribution in [2.45, 2.75) is 30.8 Å². The van der Waals surface area contributed by atoms with Crippen LogP contribution in [0.25, 0.3) is 22.0 Å². The van der Waals surface area contributed by atoms with Gasteiger partial charge in [0.05, 0.1) is 27.2 Å². The number of nitrogens with one attached hydrogen (secondary N) is 2. The summed E-state index contributed by atoms with van der Waals surface area (Å²) in [6.07, 6.45) is 4.42. The highest BCUT2D eigenvalue weighted by Gasteiger charge is 2.35. The number of nitrogens with two attached hydrogens (primary N) is 1. The summed E-state index contributed by atoms with van der Waals surface area (Å²) in [5, 5.41) is 6.49. The normalized spacial score (nSPS) is 15.0. The van der Waals surface area contributed by atoms with Crippen LogP contribution in [0, 0.1) is 12.7 Å². The number of ether oxygens (including phenoxy) is 1. The van der Waals surface area contributed by atoms with Gasteiger partial charge in [-0.05, 0) is 43.0 Å². The Kier molecular flexibility index (Phi) is 5.99. The summed E-state index contributed by atoms with van der Waals surface area (Å²) in [6, 6.07) is 7.03. The standard InChI is InChI=1S/C26H24ClFN6O3S/c1-13-17(10-31-25-23(13)30-8-9-37-25)19-20(27)24-18(22(29)21(19)28)11-32-26(34-24)33-15-4-2-14(3-5-15)12-38(35,36)16-6-7-16/h2-5,10-11,16,30H,6-9,12,29H2,1H3,(H,32,33,34). The molecular formula is C26H24ClFN6O3S. The summed E-state index contributed by atoms with van der Waals surface area (Å²) in [5.74, 6) is 0.0228. The molecule has 2 aliphatic rings. The number of sulfone groups is 1. The van der Waals surface area contributed by atoms with Gasteiger partial charge in [0.25, 0.3) is 0 Å². The number of pyridine rings is 1. The second-order valence-corrected chi connectivity index (χ2v) is 12.1. The molecule has 1 fully saturated rings. The quantitative estimate of drug-likeness (QED) is 0.282. The number of nitrogens with zero attached hydrogens (tertiary/aromatic N) is 3. The number of fused-ring (bicyclic) bond motifs is 2. The number of nitrogen functional groups attached to an aromatic ring is 1. The molecule has 0 radical (unpaired) electrons. The molecule has 2 aromatic carbocycles. The van der Waals surface area contributed by atoms with E-state index in [9.17, 15) is 8.42 Å². The maximum Gasteiger partial charge on any atom is 0.237 e. The summed E-state index contributed by atoms with van der Waals surface area (Å²) in [7, 11) is -3.10. The Bertz CT molecular complexity index is 1690. The van der Waals surface area contributed by atoms with Crippen LogP contribution in [0.5, 0.6) is 5.88 Å². The third kappa shape index (κ3) is 4.35. The van der Waals surface area contributed by atoms with Crippen LogP contribution in [0.4, 0.5) is 27.4 Å². The summed E-state index contributed by atoms with van der Waals surface area (Å²) in [5.41, 5.74) is 9.69. The predicted molar refractivity (Wildman–Crippen MR) is 146 cm³/mol. The average Bonchev–Trinajstić information content (AvgIpc) is 3.77. The summed E-state index contributed by atoms with van der Waals surface area (Å²) in [6.45, 7) is 2.93. The molecule has 196 valence electrons. The number of hydrogen-bond donors (Lipinski definition) is 3. The molecule has 0 amide bonds. The Morgan fingerprint density at radius 1 is 1.21 bits per heavy atom. The fraction of sp³-hybridized carbons (Fsp3) is 0.269. The molecule has 4 N–H and O–H groups in total. The molecule has 0 saturated heterocycles. The molecule has 9 nitrogen and oxygen atoms in total. The van der Waals surface area contributed by atoms with Crippen LogP contribution in [-0.4, -0.2) is 41.8 Å². The van der Waals surface area contributed by atoms with Gasteiger partial charge in [-0.2, -0.15) is 0 Å². The van der Waals surface area contributed by atoms with Gasteiger partial charge in [-0.25, -0.2) is 27.8 Å². The lowest BCUT2D eigenvalue weighted by atomic mass is 9.98. The molecule has 12 heteroatoms. The van der Waals surface area contributed by atoms with Crippen LogP contribution >= 0.6 is 11.6 Å². The summed E-state index contributed by atoms with van der Waals surface area (Å²) >= 11 is 6.75. The Morgan fingerprint density at radius 2 is 1.97 bits per heavy atom. The molecule has 4 aromatic rings. The number of hydrogen-bond acceptors (Lipinski definition) is 9. The Hall–Kier alpha value is -3.70. The molecule has 0 spiro atoms. The monoisotopic (exact) mass is 554 g/mol. The maximum absolute atomic E-state index is 15.5. The van der Waals surface area contributed by atoms with Gasteiger partial charge in [-0.15, -0.1) is 0 Å². The smallest absolute Gasteiger partial charge is 0.237 e. The van der Waals surface area contributed by atoms with Gasteiger partial charge in [0, 0.05) is 41.1 Å². The lowest BCUT2D eigenvalue weighted by molar-refractivity contribution is 0.310. The van der Waals surface area contributed by atoms with Gasteiger partial charge < -0.3 is 21.1 Å². The van der Waals surface area contributed by atoms with Gasteiger partial charge in [0.2, 0.25) is 11.8 Å². The highest BCUT2D eigenvalue weighted by molar-refractivity contribution is 7.91. The molecule has 2 aromatic heterocycles. The SMILES string of the molecule is Cc1c(-c2c(F)c(N)c3cnc(Nc4ccc(CS(=O)(=O)C5CC5)cc4)nc3c2Cl)cnc2c1NCCO2. The van der Waals surface area contributed by atoms with Crippen LogP contribution in [0.3, 0.4) is 0 Å². The first-order valence-corrected chi connectivity index (χ1v) is 14.2. The fourth-order valence-electron chi connectivity index (χ4n) is 4.57. The van der Waals surface area contributed by atoms with E-state index in [1.807, 2.05) is 6.92 Å². The molecule has 1 aliphatic heterocycles. The molecule has 0 atom stereocenters. The van der Waals surface area contributed by atoms with Crippen molar-refractivity contribution in [3.8, 4) is 17.0 Å². The molecule has 1 aliphatic carbocycles. The van der Waals surface area contributed by atoms with Crippen molar-refractivity contribution in [1.82, 2.24) is 15.0 Å². The van der Waals surface area contributed by atoms with E-state index in [1.54, 1.807) is 24.3 Å². The van der Waals surface area contributed by atoms with Gasteiger partial charge in [0.1, 0.15) is 12.3 Å². The second kappa shape index (κ2) is 9.25. The van der Waals surface area contributed by atoms with E-state index in [-0.39, 0.29) is 44.1 Å². The van der Waals surface area contributed by atoms with Gasteiger partial charge in [0.15, 0.2) is 15.7 Å². The van der Waals surface area contributed by atoms with Crippen molar-refractivity contribution in [3.63, 3.8) is 0 Å². The third-order valence-corrected chi connectivity index (χ3v) is 9.38. The van der Waals surface area contributed by atoms with E-state index in [4.69, 9.17) is 22.1 Å². The van der Waals surface area contributed by atoms with E-state index in [0.29, 0.717) is 41.5 Å². The van der Waals surface area contributed by atoms with E-state index >= 15 is 4.39 Å². The molecule has 0 unspecified atom stereocenters. The first-order chi connectivity index (χ1) is 18.2. The van der Waals surface area contributed by atoms with Gasteiger partial charge >= 0.3 is 0 Å². The van der Waals surface area contributed by atoms with Crippen LogP contribution in [-0.2, 0) is 15.6 Å². The largest absolute Gasteiger partial charge is 0.474 e. The molecule has 38 heavy (non-hydrogen) atoms. The van der Waals surface area contributed by atoms with Crippen molar-refractivity contribution >= 4 is 55.4 Å². The molecule has 6 rings (SSSR count). The molecular weight excluding hydrogens is 531 g/mol. The summed E-state index contributed by atoms with van der Waals surface area (Å²) < 4.78 is 45.7. The average molecular weight is 555 g/mol. The minimum Gasteiger partial charge on any atom is -0.474 e. The number of benzene rings is 2. The Balaban J connectivity index is 1.34. The van der Waals surface area contributed by atoms with E-state index in [1.165, 1.54) is 12.4 Å². The second-order valence-electron chi connectivity index (χ2n) is 9.45. The predicted octanol–water partition coefficient (Wildman–Crippen LogP) is 5.00. The van der Waals surface area contributed by atoms with E-state index in [0.717, 1.165) is 18.4 Å². The first kappa shape index (κ1) is 24.6. The van der Waals surface area contributed by atoms with Crippen molar-refractivity contribution in [1.29, 1.82) is 0 Å². The van der Waals surface area contributed by atoms with Crippen molar-refractivity contribution in [3.05, 3.63) is 58.6 Å². The van der Waals surface area contributed by atoms with E-state index < -0.39 is 15.7 Å². The number of aromatic nitrogens is 3. The zero-order valence-electron chi connectivity index (χ0n) is 20.4. The lowest BCUT2D eigenvalue weighted by Crippen LogP contribution is -2.20. The molecule has 0 bridgehead atoms.